The number of fused-ring (bicyclic) bond motifs is 1. The molecule has 1 aliphatic rings. The summed E-state index contributed by atoms with van der Waals surface area (Å²) in [6.45, 7) is 0.172. The number of carbonyl (C=O) groups is 2. The van der Waals surface area contributed by atoms with Gasteiger partial charge in [0.15, 0.2) is 16.6 Å². The van der Waals surface area contributed by atoms with E-state index in [4.69, 9.17) is 19.4 Å². The molecular formula is C19H14F3N3O5S. The molecule has 0 saturated heterocycles. The third-order valence-corrected chi connectivity index (χ3v) is 4.51. The van der Waals surface area contributed by atoms with E-state index in [-0.39, 0.29) is 12.5 Å². The molecule has 12 heteroatoms. The molecule has 4 rings (SSSR count). The third-order valence-electron chi connectivity index (χ3n) is 3.75. The van der Waals surface area contributed by atoms with Crippen molar-refractivity contribution in [2.75, 3.05) is 11.9 Å². The topological polar surface area (TPSA) is 111 Å². The van der Waals surface area contributed by atoms with Gasteiger partial charge in [0, 0.05) is 23.3 Å². The Balaban J connectivity index is 0.000000339. The number of carboxylic acid groups (broad SMARTS) is 1. The van der Waals surface area contributed by atoms with Crippen molar-refractivity contribution in [3.05, 3.63) is 54.2 Å². The number of pyridine rings is 1. The van der Waals surface area contributed by atoms with Gasteiger partial charge in [0.25, 0.3) is 5.91 Å². The lowest BCUT2D eigenvalue weighted by Crippen LogP contribution is -2.40. The molecule has 0 spiro atoms. The van der Waals surface area contributed by atoms with E-state index in [9.17, 15) is 18.0 Å². The Kier molecular flexibility index (Phi) is 6.70. The van der Waals surface area contributed by atoms with Crippen LogP contribution in [0.1, 0.15) is 0 Å². The summed E-state index contributed by atoms with van der Waals surface area (Å²) in [5.74, 6) is -1.82. The van der Waals surface area contributed by atoms with E-state index in [2.05, 4.69) is 15.3 Å². The number of halogens is 3. The molecule has 2 aromatic heterocycles. The van der Waals surface area contributed by atoms with Gasteiger partial charge in [-0.25, -0.2) is 9.78 Å². The zero-order chi connectivity index (χ0) is 22.4. The van der Waals surface area contributed by atoms with E-state index < -0.39 is 18.2 Å². The van der Waals surface area contributed by atoms with Crippen LogP contribution in [0.15, 0.2) is 54.2 Å². The van der Waals surface area contributed by atoms with E-state index in [0.717, 1.165) is 11.3 Å². The Morgan fingerprint density at radius 3 is 2.42 bits per heavy atom. The first-order chi connectivity index (χ1) is 14.7. The standard InChI is InChI=1S/C17H13N3O3S.C2HF3O2/c21-16(15-9-22-13-3-1-2-4-14(13)23-15)20-17-19-12(10-24-17)11-5-7-18-8-6-11;3-2(4,5)1(6)7/h1-8,10,15H,9H2,(H,19,20,21);(H,6,7). The molecule has 0 fully saturated rings. The maximum atomic E-state index is 12.4. The van der Waals surface area contributed by atoms with Gasteiger partial charge in [0.1, 0.15) is 6.61 Å². The highest BCUT2D eigenvalue weighted by molar-refractivity contribution is 7.14. The minimum absolute atomic E-state index is 0.172. The third kappa shape index (κ3) is 5.92. The van der Waals surface area contributed by atoms with E-state index in [1.54, 1.807) is 18.5 Å². The summed E-state index contributed by atoms with van der Waals surface area (Å²) < 4.78 is 43.0. The highest BCUT2D eigenvalue weighted by Gasteiger charge is 2.38. The molecular weight excluding hydrogens is 439 g/mol. The number of anilines is 1. The molecule has 2 N–H and O–H groups in total. The van der Waals surface area contributed by atoms with Crippen molar-refractivity contribution < 1.29 is 37.3 Å². The van der Waals surface area contributed by atoms with E-state index in [1.165, 1.54) is 11.3 Å². The van der Waals surface area contributed by atoms with E-state index >= 15 is 0 Å². The minimum atomic E-state index is -5.08. The molecule has 8 nitrogen and oxygen atoms in total. The number of para-hydroxylation sites is 2. The Hall–Kier alpha value is -3.67. The van der Waals surface area contributed by atoms with Crippen molar-refractivity contribution in [2.24, 2.45) is 0 Å². The first-order valence-electron chi connectivity index (χ1n) is 8.59. The summed E-state index contributed by atoms with van der Waals surface area (Å²) in [5.41, 5.74) is 1.75. The lowest BCUT2D eigenvalue weighted by molar-refractivity contribution is -0.192. The Morgan fingerprint density at radius 1 is 1.13 bits per heavy atom. The maximum Gasteiger partial charge on any atom is 0.490 e. The number of ether oxygens (including phenoxy) is 2. The van der Waals surface area contributed by atoms with E-state index in [1.807, 2.05) is 35.7 Å². The second-order valence-electron chi connectivity index (χ2n) is 5.93. The molecule has 0 saturated carbocycles. The average molecular weight is 453 g/mol. The van der Waals surface area contributed by atoms with Crippen LogP contribution in [0.3, 0.4) is 0 Å². The number of hydrogen-bond acceptors (Lipinski definition) is 7. The number of aliphatic carboxylic acids is 1. The van der Waals surface area contributed by atoms with Crippen LogP contribution in [-0.4, -0.2) is 45.8 Å². The van der Waals surface area contributed by atoms with Crippen LogP contribution in [-0.2, 0) is 9.59 Å². The number of carboxylic acids is 1. The van der Waals surface area contributed by atoms with Crippen LogP contribution in [0.4, 0.5) is 18.3 Å². The number of rotatable bonds is 3. The fourth-order valence-corrected chi connectivity index (χ4v) is 3.04. The van der Waals surface area contributed by atoms with Crippen LogP contribution in [0.5, 0.6) is 11.5 Å². The number of amides is 1. The number of alkyl halides is 3. The monoisotopic (exact) mass is 453 g/mol. The SMILES string of the molecule is O=C(Nc1nc(-c2ccncc2)cs1)C1COc2ccccc2O1.O=C(O)C(F)(F)F. The number of carbonyl (C=O) groups excluding carboxylic acids is 1. The van der Waals surface area contributed by atoms with E-state index in [0.29, 0.717) is 16.6 Å². The second-order valence-corrected chi connectivity index (χ2v) is 6.79. The van der Waals surface area contributed by atoms with Gasteiger partial charge in [-0.05, 0) is 24.3 Å². The van der Waals surface area contributed by atoms with Gasteiger partial charge in [-0.3, -0.25) is 15.1 Å². The summed E-state index contributed by atoms with van der Waals surface area (Å²) in [7, 11) is 0. The van der Waals surface area contributed by atoms with Crippen LogP contribution < -0.4 is 14.8 Å². The molecule has 0 bridgehead atoms. The van der Waals surface area contributed by atoms with Gasteiger partial charge < -0.3 is 14.6 Å². The van der Waals surface area contributed by atoms with Gasteiger partial charge in [-0.2, -0.15) is 13.2 Å². The quantitative estimate of drug-likeness (QED) is 0.623. The molecule has 1 aromatic carbocycles. The molecule has 0 aliphatic carbocycles. The van der Waals surface area contributed by atoms with Crippen molar-refractivity contribution in [2.45, 2.75) is 12.3 Å². The smallest absolute Gasteiger partial charge is 0.485 e. The number of nitrogens with one attached hydrogen (secondary N) is 1. The number of hydrogen-bond donors (Lipinski definition) is 2. The first kappa shape index (κ1) is 22.0. The molecule has 3 aromatic rings. The van der Waals surface area contributed by atoms with Crippen molar-refractivity contribution in [1.29, 1.82) is 0 Å². The van der Waals surface area contributed by atoms with Crippen LogP contribution in [0.2, 0.25) is 0 Å². The van der Waals surface area contributed by atoms with Crippen molar-refractivity contribution in [3.63, 3.8) is 0 Å². The summed E-state index contributed by atoms with van der Waals surface area (Å²) in [6, 6.07) is 11.0. The van der Waals surface area contributed by atoms with Gasteiger partial charge in [0.05, 0.1) is 5.69 Å². The van der Waals surface area contributed by atoms with Crippen molar-refractivity contribution in [1.82, 2.24) is 9.97 Å². The molecule has 1 aliphatic heterocycles. The van der Waals surface area contributed by atoms with Crippen LogP contribution in [0.25, 0.3) is 11.3 Å². The predicted molar refractivity (Wildman–Crippen MR) is 104 cm³/mol. The zero-order valence-corrected chi connectivity index (χ0v) is 16.3. The van der Waals surface area contributed by atoms with Gasteiger partial charge in [-0.1, -0.05) is 12.1 Å². The molecule has 0 radical (unpaired) electrons. The fraction of sp³-hybridized carbons (Fsp3) is 0.158. The second kappa shape index (κ2) is 9.43. The molecule has 162 valence electrons. The number of benzene rings is 1. The predicted octanol–water partition coefficient (Wildman–Crippen LogP) is 3.62. The minimum Gasteiger partial charge on any atom is -0.485 e. The molecule has 31 heavy (non-hydrogen) atoms. The average Bonchev–Trinajstić information content (AvgIpc) is 3.22. The summed E-state index contributed by atoms with van der Waals surface area (Å²) in [6.07, 6.45) is -2.37. The Morgan fingerprint density at radius 2 is 1.77 bits per heavy atom. The summed E-state index contributed by atoms with van der Waals surface area (Å²) in [4.78, 5) is 29.7. The lowest BCUT2D eigenvalue weighted by Gasteiger charge is -2.25. The number of nitrogens with zero attached hydrogens (tertiary/aromatic N) is 2. The fourth-order valence-electron chi connectivity index (χ4n) is 2.32. The zero-order valence-electron chi connectivity index (χ0n) is 15.5. The highest BCUT2D eigenvalue weighted by atomic mass is 32.1. The Bertz CT molecular complexity index is 1060. The molecule has 1 amide bonds. The maximum absolute atomic E-state index is 12.4. The Labute approximate surface area is 177 Å². The summed E-state index contributed by atoms with van der Waals surface area (Å²) in [5, 5.41) is 12.3. The molecule has 1 unspecified atom stereocenters. The molecule has 3 heterocycles. The lowest BCUT2D eigenvalue weighted by atomic mass is 10.2. The van der Waals surface area contributed by atoms with Crippen LogP contribution >= 0.6 is 11.3 Å². The van der Waals surface area contributed by atoms with Crippen LogP contribution in [0, 0.1) is 0 Å². The van der Waals surface area contributed by atoms with Gasteiger partial charge >= 0.3 is 12.1 Å². The summed E-state index contributed by atoms with van der Waals surface area (Å²) >= 11 is 1.36. The van der Waals surface area contributed by atoms with Gasteiger partial charge in [-0.15, -0.1) is 11.3 Å². The highest BCUT2D eigenvalue weighted by Crippen LogP contribution is 2.31. The number of aromatic nitrogens is 2. The first-order valence-corrected chi connectivity index (χ1v) is 9.47. The molecule has 1 atom stereocenters. The number of thiazole rings is 1. The normalized spacial score (nSPS) is 14.7. The van der Waals surface area contributed by atoms with Gasteiger partial charge in [0.2, 0.25) is 6.10 Å². The van der Waals surface area contributed by atoms with Crippen molar-refractivity contribution in [3.8, 4) is 22.8 Å². The largest absolute Gasteiger partial charge is 0.490 e. The van der Waals surface area contributed by atoms with Crippen molar-refractivity contribution >= 4 is 28.3 Å².